The molecule has 160 valence electrons. The molecule has 0 radical (unpaired) electrons. The number of ketones is 1. The molecule has 30 heavy (non-hydrogen) atoms. The van der Waals surface area contributed by atoms with Gasteiger partial charge in [0.1, 0.15) is 23.0 Å². The van der Waals surface area contributed by atoms with Gasteiger partial charge in [-0.05, 0) is 25.1 Å². The maximum absolute atomic E-state index is 12.7. The van der Waals surface area contributed by atoms with Gasteiger partial charge in [0.25, 0.3) is 5.91 Å². The highest BCUT2D eigenvalue weighted by Gasteiger charge is 2.25. The van der Waals surface area contributed by atoms with Crippen LogP contribution >= 0.6 is 11.6 Å². The first-order valence-corrected chi connectivity index (χ1v) is 9.08. The molecule has 1 amide bonds. The zero-order valence-electron chi connectivity index (χ0n) is 17.2. The number of azo groups is 1. The summed E-state index contributed by atoms with van der Waals surface area (Å²) in [5.74, 6) is 0.213. The molecule has 0 fully saturated rings. The molecule has 0 aromatic heterocycles. The van der Waals surface area contributed by atoms with Crippen LogP contribution in [0.3, 0.4) is 0 Å². The fourth-order valence-electron chi connectivity index (χ4n) is 2.52. The van der Waals surface area contributed by atoms with Crippen molar-refractivity contribution in [2.45, 2.75) is 13.0 Å². The molecule has 1 atom stereocenters. The average molecular weight is 436 g/mol. The lowest BCUT2D eigenvalue weighted by Crippen LogP contribution is -2.32. The Bertz CT molecular complexity index is 942. The average Bonchev–Trinajstić information content (AvgIpc) is 2.73. The lowest BCUT2D eigenvalue weighted by atomic mass is 10.2. The van der Waals surface area contributed by atoms with E-state index in [0.717, 1.165) is 0 Å². The topological polar surface area (TPSA) is 108 Å². The van der Waals surface area contributed by atoms with Crippen molar-refractivity contribution in [2.24, 2.45) is 10.2 Å². The molecule has 9 nitrogen and oxygen atoms in total. The highest BCUT2D eigenvalue weighted by atomic mass is 35.5. The molecule has 0 aliphatic heterocycles. The number of hydrogen-bond acceptors (Lipinski definition) is 8. The molecular weight excluding hydrogens is 414 g/mol. The zero-order chi connectivity index (χ0) is 22.3. The first-order valence-electron chi connectivity index (χ1n) is 8.70. The second kappa shape index (κ2) is 10.4. The molecule has 2 aromatic carbocycles. The highest BCUT2D eigenvalue weighted by molar-refractivity contribution is 6.32. The molecule has 1 unspecified atom stereocenters. The molecule has 0 heterocycles. The predicted octanol–water partition coefficient (Wildman–Crippen LogP) is 4.05. The quantitative estimate of drug-likeness (QED) is 0.470. The van der Waals surface area contributed by atoms with Crippen LogP contribution in [0.5, 0.6) is 23.0 Å². The second-order valence-corrected chi connectivity index (χ2v) is 6.32. The predicted molar refractivity (Wildman–Crippen MR) is 112 cm³/mol. The van der Waals surface area contributed by atoms with Crippen LogP contribution in [0.1, 0.15) is 6.92 Å². The number of halogens is 1. The van der Waals surface area contributed by atoms with E-state index in [0.29, 0.717) is 23.0 Å². The summed E-state index contributed by atoms with van der Waals surface area (Å²) in [6, 6.07) is 6.58. The third kappa shape index (κ3) is 5.18. The van der Waals surface area contributed by atoms with Gasteiger partial charge >= 0.3 is 0 Å². The number of nitrogens with zero attached hydrogens (tertiary/aromatic N) is 2. The fourth-order valence-corrected chi connectivity index (χ4v) is 2.76. The summed E-state index contributed by atoms with van der Waals surface area (Å²) in [4.78, 5) is 24.8. The zero-order valence-corrected chi connectivity index (χ0v) is 17.9. The van der Waals surface area contributed by atoms with E-state index >= 15 is 0 Å². The number of carbonyl (C=O) groups is 2. The van der Waals surface area contributed by atoms with E-state index in [1.807, 2.05) is 0 Å². The summed E-state index contributed by atoms with van der Waals surface area (Å²) in [6.45, 7) is 1.24. The van der Waals surface area contributed by atoms with Crippen LogP contribution < -0.4 is 24.3 Å². The molecule has 2 rings (SSSR count). The van der Waals surface area contributed by atoms with E-state index < -0.39 is 17.7 Å². The van der Waals surface area contributed by atoms with E-state index in [4.69, 9.17) is 30.5 Å². The van der Waals surface area contributed by atoms with E-state index in [9.17, 15) is 9.59 Å². The van der Waals surface area contributed by atoms with Gasteiger partial charge in [0.05, 0.1) is 39.1 Å². The van der Waals surface area contributed by atoms with E-state index in [1.54, 1.807) is 18.2 Å². The highest BCUT2D eigenvalue weighted by Crippen LogP contribution is 2.38. The summed E-state index contributed by atoms with van der Waals surface area (Å²) < 4.78 is 20.9. The van der Waals surface area contributed by atoms with Gasteiger partial charge < -0.3 is 24.3 Å². The van der Waals surface area contributed by atoms with E-state index in [1.165, 1.54) is 47.5 Å². The van der Waals surface area contributed by atoms with Crippen molar-refractivity contribution in [3.05, 3.63) is 35.4 Å². The van der Waals surface area contributed by atoms with Gasteiger partial charge in [-0.3, -0.25) is 9.59 Å². The van der Waals surface area contributed by atoms with Gasteiger partial charge in [0.2, 0.25) is 6.04 Å². The van der Waals surface area contributed by atoms with E-state index in [-0.39, 0.29) is 16.4 Å². The second-order valence-electron chi connectivity index (χ2n) is 5.92. The molecule has 10 heteroatoms. The summed E-state index contributed by atoms with van der Waals surface area (Å²) in [5.41, 5.74) is 0.510. The summed E-state index contributed by atoms with van der Waals surface area (Å²) >= 11 is 6.12. The van der Waals surface area contributed by atoms with Crippen LogP contribution in [-0.2, 0) is 9.59 Å². The summed E-state index contributed by atoms with van der Waals surface area (Å²) in [5, 5.41) is 10.8. The molecule has 0 spiro atoms. The maximum Gasteiger partial charge on any atom is 0.258 e. The number of amides is 1. The first-order chi connectivity index (χ1) is 14.4. The fraction of sp³-hybridized carbons (Fsp3) is 0.300. The number of benzene rings is 2. The largest absolute Gasteiger partial charge is 0.495 e. The normalized spacial score (nSPS) is 11.7. The Morgan fingerprint density at radius 2 is 1.50 bits per heavy atom. The molecule has 0 saturated heterocycles. The lowest BCUT2D eigenvalue weighted by molar-refractivity contribution is -0.126. The molecule has 0 saturated carbocycles. The van der Waals surface area contributed by atoms with Gasteiger partial charge in [0.15, 0.2) is 11.5 Å². The Morgan fingerprint density at radius 3 is 2.00 bits per heavy atom. The number of methoxy groups -OCH3 is 4. The number of rotatable bonds is 9. The Hall–Kier alpha value is -3.33. The van der Waals surface area contributed by atoms with Gasteiger partial charge in [0, 0.05) is 6.07 Å². The Kier molecular flexibility index (Phi) is 7.99. The van der Waals surface area contributed by atoms with Gasteiger partial charge in [-0.25, -0.2) is 0 Å². The molecule has 0 aliphatic rings. The summed E-state index contributed by atoms with van der Waals surface area (Å²) in [7, 11) is 5.80. The minimum absolute atomic E-state index is 0.254. The van der Waals surface area contributed by atoms with Gasteiger partial charge in [-0.15, -0.1) is 5.11 Å². The van der Waals surface area contributed by atoms with Gasteiger partial charge in [-0.2, -0.15) is 5.11 Å². The van der Waals surface area contributed by atoms with Crippen molar-refractivity contribution < 1.29 is 28.5 Å². The smallest absolute Gasteiger partial charge is 0.258 e. The number of hydrogen-bond donors (Lipinski definition) is 1. The van der Waals surface area contributed by atoms with Crippen molar-refractivity contribution in [1.82, 2.24) is 0 Å². The minimum Gasteiger partial charge on any atom is -0.495 e. The molecule has 0 bridgehead atoms. The van der Waals surface area contributed by atoms with Crippen LogP contribution in [0.2, 0.25) is 5.02 Å². The number of nitrogens with one attached hydrogen (secondary N) is 1. The Labute approximate surface area is 178 Å². The number of Topliss-reactive ketones (excluding diaryl/α,β-unsaturated/α-hetero) is 1. The number of anilines is 1. The maximum atomic E-state index is 12.7. The Balaban J connectivity index is 2.34. The first kappa shape index (κ1) is 23.0. The van der Waals surface area contributed by atoms with Crippen molar-refractivity contribution >= 4 is 34.7 Å². The minimum atomic E-state index is -1.41. The monoisotopic (exact) mass is 435 g/mol. The Morgan fingerprint density at radius 1 is 0.933 bits per heavy atom. The van der Waals surface area contributed by atoms with Crippen molar-refractivity contribution in [3.63, 3.8) is 0 Å². The SMILES string of the molecule is COc1cc(OC)c(NC(=O)C(N=Nc2c(OC)cccc2OC)C(C)=O)cc1Cl. The van der Waals surface area contributed by atoms with Crippen LogP contribution in [0, 0.1) is 0 Å². The van der Waals surface area contributed by atoms with Crippen molar-refractivity contribution in [1.29, 1.82) is 0 Å². The van der Waals surface area contributed by atoms with Gasteiger partial charge in [-0.1, -0.05) is 17.7 Å². The van der Waals surface area contributed by atoms with E-state index in [2.05, 4.69) is 15.5 Å². The lowest BCUT2D eigenvalue weighted by Gasteiger charge is -2.15. The van der Waals surface area contributed by atoms with Crippen LogP contribution in [0.25, 0.3) is 0 Å². The third-order valence-corrected chi connectivity index (χ3v) is 4.34. The standard InChI is InChI=1S/C20H22ClN3O6/c1-11(25)18(23-24-19-14(27-2)7-6-8-15(19)28-3)20(26)22-13-9-12(21)16(29-4)10-17(13)30-5/h6-10,18H,1-5H3,(H,22,26). The van der Waals surface area contributed by atoms with Crippen molar-refractivity contribution in [2.75, 3.05) is 33.8 Å². The van der Waals surface area contributed by atoms with Crippen LogP contribution in [0.15, 0.2) is 40.6 Å². The molecule has 0 aliphatic carbocycles. The molecule has 2 aromatic rings. The number of ether oxygens (including phenoxy) is 4. The number of carbonyl (C=O) groups excluding carboxylic acids is 2. The van der Waals surface area contributed by atoms with Crippen LogP contribution in [0.4, 0.5) is 11.4 Å². The van der Waals surface area contributed by atoms with Crippen molar-refractivity contribution in [3.8, 4) is 23.0 Å². The third-order valence-electron chi connectivity index (χ3n) is 4.04. The van der Waals surface area contributed by atoms with Crippen LogP contribution in [-0.4, -0.2) is 46.2 Å². The summed E-state index contributed by atoms with van der Waals surface area (Å²) in [6.07, 6.45) is 0. The molecule has 1 N–H and O–H groups in total. The molecular formula is C20H22ClN3O6.